The van der Waals surface area contributed by atoms with Crippen LogP contribution < -0.4 is 0 Å². The van der Waals surface area contributed by atoms with Crippen molar-refractivity contribution < 1.29 is 9.47 Å². The van der Waals surface area contributed by atoms with Crippen LogP contribution in [0.15, 0.2) is 0 Å². The molecule has 1 aliphatic heterocycles. The Morgan fingerprint density at radius 2 is 1.57 bits per heavy atom. The number of rotatable bonds is 16. The highest BCUT2D eigenvalue weighted by molar-refractivity contribution is 4.80. The van der Waals surface area contributed by atoms with E-state index in [-0.39, 0.29) is 0 Å². The Hall–Kier alpha value is -0.0800. The molecule has 0 N–H and O–H groups in total. The molecule has 1 unspecified atom stereocenters. The summed E-state index contributed by atoms with van der Waals surface area (Å²) in [6.07, 6.45) is 15.4. The summed E-state index contributed by atoms with van der Waals surface area (Å²) in [5, 5.41) is 0. The van der Waals surface area contributed by atoms with Crippen LogP contribution in [-0.2, 0) is 9.47 Å². The van der Waals surface area contributed by atoms with Crippen LogP contribution in [0.4, 0.5) is 0 Å². The summed E-state index contributed by atoms with van der Waals surface area (Å²) in [5.74, 6) is 0.865. The lowest BCUT2D eigenvalue weighted by Crippen LogP contribution is -2.26. The second-order valence-corrected chi connectivity index (χ2v) is 7.79. The average molecular weight is 327 g/mol. The third-order valence-corrected chi connectivity index (χ3v) is 6.05. The normalized spacial score (nSPS) is 19.0. The summed E-state index contributed by atoms with van der Waals surface area (Å²) in [6.45, 7) is 12.2. The SMILES string of the molecule is CCCCCCCC[C@H](CCCOCC1CO1)C(C)(CC)CC. The first kappa shape index (κ1) is 21.0. The highest BCUT2D eigenvalue weighted by Gasteiger charge is 2.30. The molecule has 0 radical (unpaired) electrons. The first-order valence-corrected chi connectivity index (χ1v) is 10.4. The predicted octanol–water partition coefficient (Wildman–Crippen LogP) is 6.38. The standard InChI is InChI=1S/C21H42O2/c1-5-8-9-10-11-12-14-19(21(4,6-2)7-3)15-13-16-22-17-20-18-23-20/h19-20H,5-18H2,1-4H3/t19-,20?/m1/s1. The predicted molar refractivity (Wildman–Crippen MR) is 100.0 cm³/mol. The summed E-state index contributed by atoms with van der Waals surface area (Å²) in [6, 6.07) is 0. The van der Waals surface area contributed by atoms with Gasteiger partial charge in [0.1, 0.15) is 6.10 Å². The zero-order chi connectivity index (χ0) is 17.0. The van der Waals surface area contributed by atoms with Gasteiger partial charge in [0.25, 0.3) is 0 Å². The Balaban J connectivity index is 2.23. The van der Waals surface area contributed by atoms with Crippen LogP contribution in [0.5, 0.6) is 0 Å². The molecule has 0 aromatic heterocycles. The molecule has 0 aromatic carbocycles. The maximum atomic E-state index is 5.73. The minimum Gasteiger partial charge on any atom is -0.379 e. The van der Waals surface area contributed by atoms with Gasteiger partial charge in [0.2, 0.25) is 0 Å². The van der Waals surface area contributed by atoms with E-state index in [2.05, 4.69) is 27.7 Å². The second kappa shape index (κ2) is 12.3. The highest BCUT2D eigenvalue weighted by Crippen LogP contribution is 2.40. The fourth-order valence-corrected chi connectivity index (χ4v) is 3.65. The van der Waals surface area contributed by atoms with Gasteiger partial charge in [0.15, 0.2) is 0 Å². The molecule has 0 amide bonds. The van der Waals surface area contributed by atoms with Gasteiger partial charge in [0, 0.05) is 6.61 Å². The Labute approximate surface area is 145 Å². The van der Waals surface area contributed by atoms with Crippen molar-refractivity contribution in [3.63, 3.8) is 0 Å². The molecule has 1 saturated heterocycles. The zero-order valence-corrected chi connectivity index (χ0v) is 16.4. The van der Waals surface area contributed by atoms with Gasteiger partial charge in [-0.25, -0.2) is 0 Å². The van der Waals surface area contributed by atoms with E-state index in [1.54, 1.807) is 0 Å². The minimum absolute atomic E-state index is 0.408. The molecule has 2 heteroatoms. The first-order chi connectivity index (χ1) is 11.2. The van der Waals surface area contributed by atoms with Gasteiger partial charge in [-0.15, -0.1) is 0 Å². The van der Waals surface area contributed by atoms with Crippen molar-refractivity contribution in [2.45, 2.75) is 104 Å². The number of unbranched alkanes of at least 4 members (excludes halogenated alkanes) is 5. The van der Waals surface area contributed by atoms with E-state index in [9.17, 15) is 0 Å². The average Bonchev–Trinajstić information content (AvgIpc) is 3.39. The summed E-state index contributed by atoms with van der Waals surface area (Å²) in [7, 11) is 0. The Morgan fingerprint density at radius 1 is 0.957 bits per heavy atom. The second-order valence-electron chi connectivity index (χ2n) is 7.79. The fraction of sp³-hybridized carbons (Fsp3) is 1.00. The lowest BCUT2D eigenvalue weighted by molar-refractivity contribution is 0.0917. The summed E-state index contributed by atoms with van der Waals surface area (Å²) < 4.78 is 10.9. The lowest BCUT2D eigenvalue weighted by atomic mass is 9.69. The van der Waals surface area contributed by atoms with Gasteiger partial charge in [-0.2, -0.15) is 0 Å². The number of hydrogen-bond acceptors (Lipinski definition) is 2. The molecule has 1 fully saturated rings. The number of hydrogen-bond donors (Lipinski definition) is 0. The van der Waals surface area contributed by atoms with E-state index < -0.39 is 0 Å². The largest absolute Gasteiger partial charge is 0.379 e. The molecule has 1 aliphatic rings. The van der Waals surface area contributed by atoms with E-state index in [0.717, 1.165) is 25.7 Å². The summed E-state index contributed by atoms with van der Waals surface area (Å²) in [4.78, 5) is 0. The molecule has 2 nitrogen and oxygen atoms in total. The Morgan fingerprint density at radius 3 is 2.17 bits per heavy atom. The van der Waals surface area contributed by atoms with Crippen LogP contribution in [-0.4, -0.2) is 25.9 Å². The quantitative estimate of drug-likeness (QED) is 0.243. The van der Waals surface area contributed by atoms with Gasteiger partial charge in [-0.3, -0.25) is 0 Å². The van der Waals surface area contributed by atoms with Gasteiger partial charge >= 0.3 is 0 Å². The van der Waals surface area contributed by atoms with Crippen LogP contribution >= 0.6 is 0 Å². The smallest absolute Gasteiger partial charge is 0.104 e. The van der Waals surface area contributed by atoms with E-state index in [1.165, 1.54) is 70.6 Å². The third-order valence-electron chi connectivity index (χ3n) is 6.05. The first-order valence-electron chi connectivity index (χ1n) is 10.4. The monoisotopic (exact) mass is 326 g/mol. The van der Waals surface area contributed by atoms with Crippen LogP contribution in [0.25, 0.3) is 0 Å². The van der Waals surface area contributed by atoms with Crippen molar-refractivity contribution in [3.05, 3.63) is 0 Å². The van der Waals surface area contributed by atoms with Gasteiger partial charge < -0.3 is 9.47 Å². The van der Waals surface area contributed by atoms with Crippen molar-refractivity contribution in [2.24, 2.45) is 11.3 Å². The van der Waals surface area contributed by atoms with Crippen molar-refractivity contribution >= 4 is 0 Å². The molecule has 0 aliphatic carbocycles. The molecule has 23 heavy (non-hydrogen) atoms. The van der Waals surface area contributed by atoms with Crippen LogP contribution in [0, 0.1) is 11.3 Å². The summed E-state index contributed by atoms with van der Waals surface area (Å²) >= 11 is 0. The molecule has 0 aromatic rings. The molecule has 1 heterocycles. The van der Waals surface area contributed by atoms with E-state index in [4.69, 9.17) is 9.47 Å². The van der Waals surface area contributed by atoms with E-state index >= 15 is 0 Å². The lowest BCUT2D eigenvalue weighted by Gasteiger charge is -2.37. The fourth-order valence-electron chi connectivity index (χ4n) is 3.65. The Bertz CT molecular complexity index is 269. The van der Waals surface area contributed by atoms with Crippen molar-refractivity contribution in [1.29, 1.82) is 0 Å². The van der Waals surface area contributed by atoms with E-state index in [0.29, 0.717) is 11.5 Å². The molecular weight excluding hydrogens is 284 g/mol. The third kappa shape index (κ3) is 9.10. The molecule has 0 bridgehead atoms. The van der Waals surface area contributed by atoms with Gasteiger partial charge in [-0.05, 0) is 30.6 Å². The molecular formula is C21H42O2. The van der Waals surface area contributed by atoms with Crippen molar-refractivity contribution in [2.75, 3.05) is 19.8 Å². The molecule has 2 atom stereocenters. The number of epoxide rings is 1. The molecule has 0 saturated carbocycles. The number of ether oxygens (including phenoxy) is 2. The maximum absolute atomic E-state index is 5.73. The van der Waals surface area contributed by atoms with Crippen LogP contribution in [0.3, 0.4) is 0 Å². The highest BCUT2D eigenvalue weighted by atomic mass is 16.6. The van der Waals surface area contributed by atoms with Crippen LogP contribution in [0.1, 0.15) is 98.3 Å². The molecule has 1 rings (SSSR count). The van der Waals surface area contributed by atoms with Crippen LogP contribution in [0.2, 0.25) is 0 Å². The van der Waals surface area contributed by atoms with Crippen molar-refractivity contribution in [3.8, 4) is 0 Å². The molecule has 138 valence electrons. The van der Waals surface area contributed by atoms with Crippen molar-refractivity contribution in [1.82, 2.24) is 0 Å². The topological polar surface area (TPSA) is 21.8 Å². The van der Waals surface area contributed by atoms with Gasteiger partial charge in [0.05, 0.1) is 13.2 Å². The summed E-state index contributed by atoms with van der Waals surface area (Å²) in [5.41, 5.74) is 0.517. The minimum atomic E-state index is 0.408. The van der Waals surface area contributed by atoms with E-state index in [1.807, 2.05) is 0 Å². The maximum Gasteiger partial charge on any atom is 0.104 e. The molecule has 0 spiro atoms. The van der Waals surface area contributed by atoms with Gasteiger partial charge in [-0.1, -0.05) is 79.1 Å². The Kier molecular flexibility index (Phi) is 11.2. The zero-order valence-electron chi connectivity index (χ0n) is 16.4.